The van der Waals surface area contributed by atoms with E-state index in [-0.39, 0.29) is 12.6 Å². The monoisotopic (exact) mass is 324 g/mol. The third-order valence-electron chi connectivity index (χ3n) is 3.88. The highest BCUT2D eigenvalue weighted by atomic mass is 16.3. The number of carbonyl (C=O) groups is 1. The summed E-state index contributed by atoms with van der Waals surface area (Å²) >= 11 is 0. The van der Waals surface area contributed by atoms with Gasteiger partial charge < -0.3 is 15.3 Å². The third-order valence-corrected chi connectivity index (χ3v) is 3.88. The Morgan fingerprint density at radius 2 is 1.96 bits per heavy atom. The number of hydrogen-bond donors (Lipinski definition) is 2. The second-order valence-corrected chi connectivity index (χ2v) is 5.40. The van der Waals surface area contributed by atoms with E-state index in [0.717, 1.165) is 16.6 Å². The Hall–Kier alpha value is -2.86. The topological polar surface area (TPSA) is 70.4 Å². The van der Waals surface area contributed by atoms with Gasteiger partial charge in [-0.3, -0.25) is 0 Å². The van der Waals surface area contributed by atoms with Crippen molar-refractivity contribution in [1.29, 1.82) is 0 Å². The lowest BCUT2D eigenvalue weighted by Crippen LogP contribution is -2.36. The minimum Gasteiger partial charge on any atom is -0.395 e. The number of rotatable bonds is 5. The zero-order valence-corrected chi connectivity index (χ0v) is 13.5. The van der Waals surface area contributed by atoms with Gasteiger partial charge in [0.2, 0.25) is 0 Å². The Labute approximate surface area is 140 Å². The molecule has 2 N–H and O–H groups in total. The van der Waals surface area contributed by atoms with Crippen molar-refractivity contribution in [1.82, 2.24) is 14.7 Å². The summed E-state index contributed by atoms with van der Waals surface area (Å²) < 4.78 is 1.87. The summed E-state index contributed by atoms with van der Waals surface area (Å²) in [6.45, 7) is 2.69. The van der Waals surface area contributed by atoms with Crippen molar-refractivity contribution in [2.24, 2.45) is 0 Å². The van der Waals surface area contributed by atoms with Gasteiger partial charge in [0.05, 0.1) is 24.0 Å². The molecule has 3 aromatic rings. The number of aliphatic hydroxyl groups is 1. The van der Waals surface area contributed by atoms with Gasteiger partial charge in [-0.2, -0.15) is 5.10 Å². The van der Waals surface area contributed by atoms with E-state index in [4.69, 9.17) is 5.11 Å². The molecule has 24 heavy (non-hydrogen) atoms. The Morgan fingerprint density at radius 1 is 1.21 bits per heavy atom. The van der Waals surface area contributed by atoms with E-state index in [1.165, 1.54) is 0 Å². The van der Waals surface area contributed by atoms with Crippen molar-refractivity contribution in [2.45, 2.75) is 6.92 Å². The lowest BCUT2D eigenvalue weighted by Gasteiger charge is -2.20. The van der Waals surface area contributed by atoms with Gasteiger partial charge in [0.15, 0.2) is 0 Å². The highest BCUT2D eigenvalue weighted by Crippen LogP contribution is 2.19. The molecule has 2 amide bonds. The number of aromatic nitrogens is 2. The Kier molecular flexibility index (Phi) is 4.77. The van der Waals surface area contributed by atoms with Gasteiger partial charge in [-0.15, -0.1) is 0 Å². The van der Waals surface area contributed by atoms with E-state index in [1.807, 2.05) is 66.3 Å². The molecule has 3 rings (SSSR count). The van der Waals surface area contributed by atoms with E-state index >= 15 is 0 Å². The third kappa shape index (κ3) is 3.23. The van der Waals surface area contributed by atoms with Crippen LogP contribution in [0.3, 0.4) is 0 Å². The molecule has 0 radical (unpaired) electrons. The molecule has 0 spiro atoms. The minimum absolute atomic E-state index is 0.0490. The van der Waals surface area contributed by atoms with Crippen LogP contribution in [0.25, 0.3) is 16.6 Å². The zero-order chi connectivity index (χ0) is 16.9. The molecule has 124 valence electrons. The molecule has 2 aromatic carbocycles. The van der Waals surface area contributed by atoms with Gasteiger partial charge in [-0.25, -0.2) is 9.48 Å². The number of amides is 2. The first-order valence-corrected chi connectivity index (χ1v) is 7.93. The maximum atomic E-state index is 12.1. The van der Waals surface area contributed by atoms with E-state index in [1.54, 1.807) is 4.90 Å². The largest absolute Gasteiger partial charge is 0.395 e. The number of urea groups is 1. The van der Waals surface area contributed by atoms with Crippen LogP contribution in [0, 0.1) is 0 Å². The first-order chi connectivity index (χ1) is 11.7. The van der Waals surface area contributed by atoms with Crippen molar-refractivity contribution < 1.29 is 9.90 Å². The minimum atomic E-state index is -0.219. The molecule has 0 saturated carbocycles. The molecule has 0 aliphatic rings. The molecule has 0 aliphatic heterocycles. The molecule has 1 heterocycles. The summed E-state index contributed by atoms with van der Waals surface area (Å²) in [5, 5.41) is 17.3. The van der Waals surface area contributed by atoms with E-state index in [2.05, 4.69) is 10.4 Å². The summed E-state index contributed by atoms with van der Waals surface area (Å²) in [5.41, 5.74) is 2.67. The van der Waals surface area contributed by atoms with E-state index < -0.39 is 0 Å². The van der Waals surface area contributed by atoms with Crippen LogP contribution >= 0.6 is 0 Å². The number of nitrogens with one attached hydrogen (secondary N) is 1. The number of hydrogen-bond acceptors (Lipinski definition) is 3. The average molecular weight is 324 g/mol. The van der Waals surface area contributed by atoms with Crippen LogP contribution in [0.2, 0.25) is 0 Å². The summed E-state index contributed by atoms with van der Waals surface area (Å²) in [7, 11) is 0. The quantitative estimate of drug-likeness (QED) is 0.758. The fraction of sp³-hybridized carbons (Fsp3) is 0.222. The molecule has 0 atom stereocenters. The van der Waals surface area contributed by atoms with Crippen molar-refractivity contribution in [3.8, 4) is 5.69 Å². The molecular formula is C18H20N4O2. The number of benzene rings is 2. The van der Waals surface area contributed by atoms with Crippen molar-refractivity contribution >= 4 is 22.6 Å². The molecule has 6 nitrogen and oxygen atoms in total. The van der Waals surface area contributed by atoms with Gasteiger partial charge in [0.25, 0.3) is 0 Å². The van der Waals surface area contributed by atoms with E-state index in [9.17, 15) is 4.79 Å². The predicted molar refractivity (Wildman–Crippen MR) is 94.4 cm³/mol. The number of likely N-dealkylation sites (N-methyl/N-ethyl adjacent to an activating group) is 1. The van der Waals surface area contributed by atoms with Gasteiger partial charge >= 0.3 is 6.03 Å². The van der Waals surface area contributed by atoms with Crippen LogP contribution in [0.15, 0.2) is 54.7 Å². The molecular weight excluding hydrogens is 304 g/mol. The maximum absolute atomic E-state index is 12.1. The van der Waals surface area contributed by atoms with Crippen LogP contribution in [0.4, 0.5) is 10.5 Å². The van der Waals surface area contributed by atoms with Gasteiger partial charge in [0.1, 0.15) is 0 Å². The van der Waals surface area contributed by atoms with Crippen LogP contribution in [0.1, 0.15) is 6.92 Å². The highest BCUT2D eigenvalue weighted by Gasteiger charge is 2.11. The van der Waals surface area contributed by atoms with E-state index in [0.29, 0.717) is 18.8 Å². The number of fused-ring (bicyclic) bond motifs is 1. The summed E-state index contributed by atoms with van der Waals surface area (Å²) in [4.78, 5) is 13.7. The molecule has 6 heteroatoms. The maximum Gasteiger partial charge on any atom is 0.321 e. The van der Waals surface area contributed by atoms with Crippen molar-refractivity contribution in [2.75, 3.05) is 25.0 Å². The lowest BCUT2D eigenvalue weighted by molar-refractivity contribution is 0.192. The van der Waals surface area contributed by atoms with Gasteiger partial charge in [-0.1, -0.05) is 18.2 Å². The zero-order valence-electron chi connectivity index (χ0n) is 13.5. The summed E-state index contributed by atoms with van der Waals surface area (Å²) in [6, 6.07) is 15.3. The van der Waals surface area contributed by atoms with Crippen LogP contribution in [-0.4, -0.2) is 45.5 Å². The second kappa shape index (κ2) is 7.14. The fourth-order valence-electron chi connectivity index (χ4n) is 2.59. The summed E-state index contributed by atoms with van der Waals surface area (Å²) in [5.74, 6) is 0. The lowest BCUT2D eigenvalue weighted by atomic mass is 10.2. The average Bonchev–Trinajstić information content (AvgIpc) is 3.04. The Bertz CT molecular complexity index is 826. The van der Waals surface area contributed by atoms with Crippen molar-refractivity contribution in [3.05, 3.63) is 54.7 Å². The number of aliphatic hydroxyl groups excluding tert-OH is 1. The molecule has 0 saturated heterocycles. The molecule has 1 aromatic heterocycles. The first-order valence-electron chi connectivity index (χ1n) is 7.93. The molecule has 0 aliphatic carbocycles. The number of anilines is 1. The molecule has 0 unspecified atom stereocenters. The molecule has 0 bridgehead atoms. The fourth-order valence-corrected chi connectivity index (χ4v) is 2.59. The SMILES string of the molecule is CCN(CCO)C(=O)Nc1ccc(-n2ncc3ccccc32)cc1. The van der Waals surface area contributed by atoms with Gasteiger partial charge in [0, 0.05) is 24.2 Å². The first kappa shape index (κ1) is 16.0. The van der Waals surface area contributed by atoms with Crippen LogP contribution in [-0.2, 0) is 0 Å². The normalized spacial score (nSPS) is 10.8. The second-order valence-electron chi connectivity index (χ2n) is 5.40. The number of nitrogens with zero attached hydrogens (tertiary/aromatic N) is 3. The van der Waals surface area contributed by atoms with Gasteiger partial charge in [-0.05, 0) is 37.3 Å². The molecule has 0 fully saturated rings. The number of para-hydroxylation sites is 1. The van der Waals surface area contributed by atoms with Crippen molar-refractivity contribution in [3.63, 3.8) is 0 Å². The Morgan fingerprint density at radius 3 is 2.67 bits per heavy atom. The van der Waals surface area contributed by atoms with Crippen LogP contribution < -0.4 is 5.32 Å². The highest BCUT2D eigenvalue weighted by molar-refractivity contribution is 5.89. The number of carbonyl (C=O) groups excluding carboxylic acids is 1. The van der Waals surface area contributed by atoms with Crippen LogP contribution in [0.5, 0.6) is 0 Å². The summed E-state index contributed by atoms with van der Waals surface area (Å²) in [6.07, 6.45) is 1.83. The Balaban J connectivity index is 1.77. The standard InChI is InChI=1S/C18H20N4O2/c1-2-21(11-12-23)18(24)20-15-7-9-16(10-8-15)22-17-6-4-3-5-14(17)13-19-22/h3-10,13,23H,2,11-12H2,1H3,(H,20,24). The smallest absolute Gasteiger partial charge is 0.321 e. The predicted octanol–water partition coefficient (Wildman–Crippen LogP) is 2.87.